The van der Waals surface area contributed by atoms with Gasteiger partial charge in [-0.3, -0.25) is 4.79 Å². The fourth-order valence-electron chi connectivity index (χ4n) is 3.32. The summed E-state index contributed by atoms with van der Waals surface area (Å²) < 4.78 is 7.91. The lowest BCUT2D eigenvalue weighted by atomic mass is 9.97. The average Bonchev–Trinajstić information content (AvgIpc) is 3.34. The molecule has 2 aliphatic rings. The van der Waals surface area contributed by atoms with Crippen molar-refractivity contribution in [3.05, 3.63) is 53.9 Å². The summed E-state index contributed by atoms with van der Waals surface area (Å²) in [7, 11) is 0. The van der Waals surface area contributed by atoms with E-state index in [9.17, 15) is 4.79 Å². The van der Waals surface area contributed by atoms with E-state index in [1.54, 1.807) is 0 Å². The highest BCUT2D eigenvalue weighted by Gasteiger charge is 2.27. The molecule has 23 heavy (non-hydrogen) atoms. The Morgan fingerprint density at radius 3 is 2.91 bits per heavy atom. The summed E-state index contributed by atoms with van der Waals surface area (Å²) in [6.07, 6.45) is 6.32. The first-order valence-electron chi connectivity index (χ1n) is 8.47. The molecule has 2 aromatic rings. The molecular formula is C19H22N2O2. The Morgan fingerprint density at radius 2 is 2.04 bits per heavy atom. The number of hydrogen-bond donors (Lipinski definition) is 1. The van der Waals surface area contributed by atoms with Crippen molar-refractivity contribution in [2.24, 2.45) is 5.92 Å². The minimum atomic E-state index is 0.0420. The van der Waals surface area contributed by atoms with E-state index in [4.69, 9.17) is 4.74 Å². The molecule has 1 aliphatic heterocycles. The van der Waals surface area contributed by atoms with Gasteiger partial charge in [0.25, 0.3) is 5.91 Å². The predicted molar refractivity (Wildman–Crippen MR) is 88.8 cm³/mol. The van der Waals surface area contributed by atoms with E-state index in [2.05, 4.69) is 16.0 Å². The number of benzene rings is 1. The standard InChI is InChI=1S/C19H22N2O2/c22-19(17-5-3-10-21(17)16-7-8-16)20-13-14-9-11-23-18-6-2-1-4-15(18)12-14/h1-6,10,14,16H,7-9,11-13H2,(H,20,22)/t14-/m0/s1. The Morgan fingerprint density at radius 1 is 1.17 bits per heavy atom. The lowest BCUT2D eigenvalue weighted by Crippen LogP contribution is -2.31. The van der Waals surface area contributed by atoms with Gasteiger partial charge in [0, 0.05) is 18.8 Å². The molecule has 1 atom stereocenters. The zero-order valence-electron chi connectivity index (χ0n) is 13.2. The summed E-state index contributed by atoms with van der Waals surface area (Å²) >= 11 is 0. The second-order valence-corrected chi connectivity index (χ2v) is 6.56. The molecule has 1 amide bonds. The van der Waals surface area contributed by atoms with Gasteiger partial charge in [-0.05, 0) is 55.4 Å². The van der Waals surface area contributed by atoms with Crippen LogP contribution in [0.25, 0.3) is 0 Å². The Hall–Kier alpha value is -2.23. The van der Waals surface area contributed by atoms with Crippen LogP contribution in [0.5, 0.6) is 5.75 Å². The number of aromatic nitrogens is 1. The highest BCUT2D eigenvalue weighted by molar-refractivity contribution is 5.92. The molecule has 0 bridgehead atoms. The molecule has 0 unspecified atom stereocenters. The molecule has 2 heterocycles. The second-order valence-electron chi connectivity index (χ2n) is 6.56. The molecule has 0 spiro atoms. The summed E-state index contributed by atoms with van der Waals surface area (Å²) in [5.41, 5.74) is 2.03. The molecule has 4 rings (SSSR count). The highest BCUT2D eigenvalue weighted by Crippen LogP contribution is 2.36. The normalized spacial score (nSPS) is 20.3. The lowest BCUT2D eigenvalue weighted by Gasteiger charge is -2.15. The van der Waals surface area contributed by atoms with E-state index >= 15 is 0 Å². The van der Waals surface area contributed by atoms with Crippen molar-refractivity contribution < 1.29 is 9.53 Å². The number of carbonyl (C=O) groups excluding carboxylic acids is 1. The van der Waals surface area contributed by atoms with Crippen molar-refractivity contribution in [1.82, 2.24) is 9.88 Å². The summed E-state index contributed by atoms with van der Waals surface area (Å²) in [5.74, 6) is 1.45. The van der Waals surface area contributed by atoms with Gasteiger partial charge in [-0.25, -0.2) is 0 Å². The van der Waals surface area contributed by atoms with Crippen LogP contribution in [0.4, 0.5) is 0 Å². The van der Waals surface area contributed by atoms with Crippen LogP contribution in [0.15, 0.2) is 42.6 Å². The molecule has 1 aliphatic carbocycles. The van der Waals surface area contributed by atoms with E-state index in [-0.39, 0.29) is 5.91 Å². The third kappa shape index (κ3) is 3.11. The summed E-state index contributed by atoms with van der Waals surface area (Å²) in [6, 6.07) is 12.6. The molecule has 120 valence electrons. The van der Waals surface area contributed by atoms with Crippen LogP contribution in [0.3, 0.4) is 0 Å². The van der Waals surface area contributed by atoms with Gasteiger partial charge in [0.1, 0.15) is 11.4 Å². The van der Waals surface area contributed by atoms with Crippen molar-refractivity contribution in [2.45, 2.75) is 31.7 Å². The van der Waals surface area contributed by atoms with Crippen LogP contribution in [-0.2, 0) is 6.42 Å². The SMILES string of the molecule is O=C(NC[C@H]1CCOc2ccccc2C1)c1cccn1C1CC1. The summed E-state index contributed by atoms with van der Waals surface area (Å²) in [4.78, 5) is 12.5. The third-order valence-corrected chi connectivity index (χ3v) is 4.77. The highest BCUT2D eigenvalue weighted by atomic mass is 16.5. The van der Waals surface area contributed by atoms with Crippen molar-refractivity contribution in [1.29, 1.82) is 0 Å². The molecule has 4 nitrogen and oxygen atoms in total. The number of hydrogen-bond acceptors (Lipinski definition) is 2. The monoisotopic (exact) mass is 310 g/mol. The maximum atomic E-state index is 12.5. The first kappa shape index (κ1) is 14.4. The zero-order valence-corrected chi connectivity index (χ0v) is 13.2. The second kappa shape index (κ2) is 6.11. The molecule has 4 heteroatoms. The first-order valence-corrected chi connectivity index (χ1v) is 8.47. The molecule has 0 saturated heterocycles. The van der Waals surface area contributed by atoms with Crippen LogP contribution in [0.2, 0.25) is 0 Å². The number of ether oxygens (including phenoxy) is 1. The minimum absolute atomic E-state index is 0.0420. The molecule has 0 radical (unpaired) electrons. The zero-order chi connectivity index (χ0) is 15.6. The van der Waals surface area contributed by atoms with Gasteiger partial charge in [0.2, 0.25) is 0 Å². The number of fused-ring (bicyclic) bond motifs is 1. The van der Waals surface area contributed by atoms with Crippen LogP contribution < -0.4 is 10.1 Å². The smallest absolute Gasteiger partial charge is 0.267 e. The van der Waals surface area contributed by atoms with Crippen LogP contribution in [-0.4, -0.2) is 23.6 Å². The molecule has 1 fully saturated rings. The number of rotatable bonds is 4. The van der Waals surface area contributed by atoms with Gasteiger partial charge in [-0.15, -0.1) is 0 Å². The van der Waals surface area contributed by atoms with Crippen molar-refractivity contribution in [2.75, 3.05) is 13.2 Å². The maximum absolute atomic E-state index is 12.5. The van der Waals surface area contributed by atoms with E-state index in [1.165, 1.54) is 18.4 Å². The summed E-state index contributed by atoms with van der Waals surface area (Å²) in [5, 5.41) is 3.12. The lowest BCUT2D eigenvalue weighted by molar-refractivity contribution is 0.0936. The minimum Gasteiger partial charge on any atom is -0.493 e. The van der Waals surface area contributed by atoms with Gasteiger partial charge >= 0.3 is 0 Å². The van der Waals surface area contributed by atoms with Crippen molar-refractivity contribution >= 4 is 5.91 Å². The van der Waals surface area contributed by atoms with Crippen LogP contribution in [0, 0.1) is 5.92 Å². The fourth-order valence-corrected chi connectivity index (χ4v) is 3.32. The Bertz CT molecular complexity index is 703. The van der Waals surface area contributed by atoms with Crippen molar-refractivity contribution in [3.63, 3.8) is 0 Å². The first-order chi connectivity index (χ1) is 11.3. The Kier molecular flexibility index (Phi) is 3.82. The van der Waals surface area contributed by atoms with Gasteiger partial charge in [0.05, 0.1) is 6.61 Å². The summed E-state index contributed by atoms with van der Waals surface area (Å²) in [6.45, 7) is 1.42. The quantitative estimate of drug-likeness (QED) is 0.942. The topological polar surface area (TPSA) is 43.3 Å². The van der Waals surface area contributed by atoms with Crippen LogP contribution in [0.1, 0.15) is 41.4 Å². The molecule has 1 aromatic heterocycles. The predicted octanol–water partition coefficient (Wildman–Crippen LogP) is 3.19. The van der Waals surface area contributed by atoms with Crippen molar-refractivity contribution in [3.8, 4) is 5.75 Å². The fraction of sp³-hybridized carbons (Fsp3) is 0.421. The number of amides is 1. The van der Waals surface area contributed by atoms with E-state index in [0.717, 1.165) is 30.9 Å². The van der Waals surface area contributed by atoms with Crippen LogP contribution >= 0.6 is 0 Å². The largest absolute Gasteiger partial charge is 0.493 e. The van der Waals surface area contributed by atoms with Gasteiger partial charge in [-0.2, -0.15) is 0 Å². The average molecular weight is 310 g/mol. The van der Waals surface area contributed by atoms with Gasteiger partial charge in [-0.1, -0.05) is 18.2 Å². The number of nitrogens with zero attached hydrogens (tertiary/aromatic N) is 1. The molecular weight excluding hydrogens is 288 g/mol. The number of carbonyl (C=O) groups is 1. The van der Waals surface area contributed by atoms with Gasteiger partial charge in [0.15, 0.2) is 0 Å². The molecule has 1 saturated carbocycles. The number of para-hydroxylation sites is 1. The number of nitrogens with one attached hydrogen (secondary N) is 1. The van der Waals surface area contributed by atoms with E-state index in [0.29, 0.717) is 18.5 Å². The Balaban J connectivity index is 1.39. The van der Waals surface area contributed by atoms with Gasteiger partial charge < -0.3 is 14.6 Å². The van der Waals surface area contributed by atoms with E-state index < -0.39 is 0 Å². The molecule has 1 aromatic carbocycles. The van der Waals surface area contributed by atoms with E-state index in [1.807, 2.05) is 36.5 Å². The maximum Gasteiger partial charge on any atom is 0.267 e. The Labute approximate surface area is 136 Å². The third-order valence-electron chi connectivity index (χ3n) is 4.77. The molecule has 1 N–H and O–H groups in total.